The topological polar surface area (TPSA) is 145 Å². The number of hydrogen-bond donors (Lipinski definition) is 2. The van der Waals surface area contributed by atoms with Gasteiger partial charge in [-0.3, -0.25) is 14.9 Å². The highest BCUT2D eigenvalue weighted by molar-refractivity contribution is 5.78. The summed E-state index contributed by atoms with van der Waals surface area (Å²) in [5, 5.41) is 21.0. The third-order valence-electron chi connectivity index (χ3n) is 3.64. The number of aliphatic carboxylic acids is 1. The summed E-state index contributed by atoms with van der Waals surface area (Å²) in [5.41, 5.74) is 5.89. The van der Waals surface area contributed by atoms with Gasteiger partial charge in [-0.25, -0.2) is 4.79 Å². The Hall–Kier alpha value is -2.88. The van der Waals surface area contributed by atoms with Gasteiger partial charge >= 0.3 is 11.9 Å². The minimum atomic E-state index is -1.21. The van der Waals surface area contributed by atoms with E-state index in [1.165, 1.54) is 19.2 Å². The molecule has 0 bridgehead atoms. The molecule has 0 radical (unpaired) electrons. The molecule has 0 aliphatic carbocycles. The molecule has 10 nitrogen and oxygen atoms in total. The maximum atomic E-state index is 11.9. The minimum absolute atomic E-state index is 0.0882. The molecule has 0 saturated heterocycles. The number of carboxylic acids is 1. The highest BCUT2D eigenvalue weighted by atomic mass is 16.7. The van der Waals surface area contributed by atoms with Gasteiger partial charge in [-0.05, 0) is 18.9 Å². The first kappa shape index (κ1) is 17.5. The van der Waals surface area contributed by atoms with Crippen molar-refractivity contribution in [2.75, 3.05) is 18.7 Å². The zero-order valence-electron chi connectivity index (χ0n) is 12.9. The average Bonchev–Trinajstić information content (AvgIpc) is 2.95. The van der Waals surface area contributed by atoms with Gasteiger partial charge in [0.05, 0.1) is 25.0 Å². The number of nitro groups is 1. The van der Waals surface area contributed by atoms with Gasteiger partial charge in [0, 0.05) is 11.6 Å². The molecule has 1 aliphatic heterocycles. The van der Waals surface area contributed by atoms with Crippen molar-refractivity contribution in [1.82, 2.24) is 0 Å². The smallest absolute Gasteiger partial charge is 0.332 e. The van der Waals surface area contributed by atoms with Gasteiger partial charge in [-0.1, -0.05) is 0 Å². The molecule has 3 N–H and O–H groups in total. The predicted molar refractivity (Wildman–Crippen MR) is 81.6 cm³/mol. The Morgan fingerprint density at radius 2 is 2.21 bits per heavy atom. The lowest BCUT2D eigenvalue weighted by atomic mass is 10.1. The number of hydrogen-bond acceptors (Lipinski definition) is 8. The molecule has 10 heteroatoms. The maximum absolute atomic E-state index is 11.9. The zero-order chi connectivity index (χ0) is 17.9. The normalized spacial score (nSPS) is 14.0. The lowest BCUT2D eigenvalue weighted by Crippen LogP contribution is -2.32. The Morgan fingerprint density at radius 3 is 2.79 bits per heavy atom. The van der Waals surface area contributed by atoms with Crippen LogP contribution in [0.2, 0.25) is 0 Å². The minimum Gasteiger partial charge on any atom is -0.496 e. The van der Waals surface area contributed by atoms with Crippen molar-refractivity contribution >= 4 is 23.3 Å². The summed E-state index contributed by atoms with van der Waals surface area (Å²) in [4.78, 5) is 38.3. The van der Waals surface area contributed by atoms with Gasteiger partial charge < -0.3 is 20.4 Å². The lowest BCUT2D eigenvalue weighted by Gasteiger charge is -2.18. The van der Waals surface area contributed by atoms with Crippen LogP contribution in [0, 0.1) is 10.1 Å². The molecule has 0 aromatic heterocycles. The number of carbonyl (C=O) groups excluding carboxylic acids is 1. The van der Waals surface area contributed by atoms with Gasteiger partial charge in [-0.2, -0.15) is 5.06 Å². The van der Waals surface area contributed by atoms with Crippen LogP contribution >= 0.6 is 0 Å². The number of methoxy groups -OCH3 is 1. The monoisotopic (exact) mass is 339 g/mol. The van der Waals surface area contributed by atoms with E-state index >= 15 is 0 Å². The van der Waals surface area contributed by atoms with Crippen LogP contribution in [0.15, 0.2) is 12.1 Å². The van der Waals surface area contributed by atoms with E-state index in [1.54, 1.807) is 0 Å². The number of carbonyl (C=O) groups is 2. The Balaban J connectivity index is 2.15. The van der Waals surface area contributed by atoms with Gasteiger partial charge in [0.15, 0.2) is 5.69 Å². The largest absolute Gasteiger partial charge is 0.496 e. The predicted octanol–water partition coefficient (Wildman–Crippen LogP) is 0.616. The first-order valence-corrected chi connectivity index (χ1v) is 7.16. The van der Waals surface area contributed by atoms with Gasteiger partial charge in [0.2, 0.25) is 0 Å². The van der Waals surface area contributed by atoms with E-state index in [0.29, 0.717) is 17.7 Å². The van der Waals surface area contributed by atoms with Crippen LogP contribution in [0.4, 0.5) is 11.4 Å². The van der Waals surface area contributed by atoms with Crippen LogP contribution in [0.3, 0.4) is 0 Å². The quantitative estimate of drug-likeness (QED) is 0.539. The molecule has 24 heavy (non-hydrogen) atoms. The second kappa shape index (κ2) is 7.13. The fourth-order valence-electron chi connectivity index (χ4n) is 2.45. The summed E-state index contributed by atoms with van der Waals surface area (Å²) in [6.45, 7) is 0.243. The van der Waals surface area contributed by atoms with Crippen LogP contribution in [0.1, 0.15) is 18.4 Å². The number of nitrogens with two attached hydrogens (primary N) is 1. The third kappa shape index (κ3) is 3.54. The molecule has 1 aromatic carbocycles. The molecule has 0 unspecified atom stereocenters. The number of hydroxylamine groups is 1. The molecule has 1 heterocycles. The van der Waals surface area contributed by atoms with E-state index < -0.39 is 22.9 Å². The summed E-state index contributed by atoms with van der Waals surface area (Å²) >= 11 is 0. The lowest BCUT2D eigenvalue weighted by molar-refractivity contribution is -0.384. The Morgan fingerprint density at radius 1 is 1.50 bits per heavy atom. The molecule has 2 rings (SSSR count). The zero-order valence-corrected chi connectivity index (χ0v) is 12.9. The van der Waals surface area contributed by atoms with Crippen molar-refractivity contribution in [2.24, 2.45) is 5.73 Å². The van der Waals surface area contributed by atoms with Crippen molar-refractivity contribution in [1.29, 1.82) is 0 Å². The molecule has 0 amide bonds. The van der Waals surface area contributed by atoms with E-state index in [2.05, 4.69) is 0 Å². The highest BCUT2D eigenvalue weighted by Gasteiger charge is 2.33. The molecular weight excluding hydrogens is 322 g/mol. The number of benzene rings is 1. The molecule has 0 fully saturated rings. The Labute approximate surface area is 136 Å². The summed E-state index contributed by atoms with van der Waals surface area (Å²) in [7, 11) is 1.45. The second-order valence-electron chi connectivity index (χ2n) is 5.17. The molecule has 1 aromatic rings. The molecular formula is C14H17N3O7. The molecule has 0 spiro atoms. The van der Waals surface area contributed by atoms with Crippen molar-refractivity contribution in [3.63, 3.8) is 0 Å². The van der Waals surface area contributed by atoms with Gasteiger partial charge in [-0.15, -0.1) is 0 Å². The second-order valence-corrected chi connectivity index (χ2v) is 5.17. The fourth-order valence-corrected chi connectivity index (χ4v) is 2.45. The van der Waals surface area contributed by atoms with Gasteiger partial charge in [0.1, 0.15) is 11.8 Å². The number of ether oxygens (including phenoxy) is 1. The first-order valence-electron chi connectivity index (χ1n) is 7.16. The van der Waals surface area contributed by atoms with Crippen LogP contribution in [0.25, 0.3) is 0 Å². The number of nitrogens with zero attached hydrogens (tertiary/aromatic N) is 2. The SMILES string of the molecule is COc1ccc([N+](=O)[O-])c2c1CCN2OC(=O)CC[C@H](N)C(=O)O. The first-order chi connectivity index (χ1) is 11.3. The Kier molecular flexibility index (Phi) is 5.19. The van der Waals surface area contributed by atoms with Crippen LogP contribution < -0.4 is 15.5 Å². The standard InChI is InChI=1S/C14H17N3O7/c1-23-11-4-3-10(17(21)22)13-8(11)6-7-16(13)24-12(18)5-2-9(15)14(19)20/h3-4,9H,2,5-7,15H2,1H3,(H,19,20)/t9-/m0/s1. The summed E-state index contributed by atoms with van der Waals surface area (Å²) in [6.07, 6.45) is 0.119. The highest BCUT2D eigenvalue weighted by Crippen LogP contribution is 2.42. The molecule has 1 aliphatic rings. The summed E-state index contributed by atoms with van der Waals surface area (Å²) < 4.78 is 5.18. The molecule has 1 atom stereocenters. The van der Waals surface area contributed by atoms with Gasteiger partial charge in [0.25, 0.3) is 5.69 Å². The third-order valence-corrected chi connectivity index (χ3v) is 3.64. The van der Waals surface area contributed by atoms with E-state index in [4.69, 9.17) is 20.4 Å². The van der Waals surface area contributed by atoms with Crippen molar-refractivity contribution in [2.45, 2.75) is 25.3 Å². The number of fused-ring (bicyclic) bond motifs is 1. The van der Waals surface area contributed by atoms with E-state index in [-0.39, 0.29) is 30.8 Å². The van der Waals surface area contributed by atoms with Crippen LogP contribution in [0.5, 0.6) is 5.75 Å². The van der Waals surface area contributed by atoms with E-state index in [1.807, 2.05) is 0 Å². The fraction of sp³-hybridized carbons (Fsp3) is 0.429. The van der Waals surface area contributed by atoms with Crippen molar-refractivity contribution in [3.05, 3.63) is 27.8 Å². The van der Waals surface area contributed by atoms with Crippen molar-refractivity contribution < 1.29 is 29.2 Å². The number of carboxylic acid groups (broad SMARTS) is 1. The van der Waals surface area contributed by atoms with E-state index in [0.717, 1.165) is 5.06 Å². The number of anilines is 1. The molecule has 0 saturated carbocycles. The summed E-state index contributed by atoms with van der Waals surface area (Å²) in [6, 6.07) is 1.61. The number of rotatable bonds is 7. The van der Waals surface area contributed by atoms with Crippen LogP contribution in [-0.2, 0) is 20.8 Å². The van der Waals surface area contributed by atoms with Crippen LogP contribution in [-0.4, -0.2) is 41.7 Å². The molecule has 130 valence electrons. The average molecular weight is 339 g/mol. The Bertz CT molecular complexity index is 677. The number of nitro benzene ring substituents is 1. The summed E-state index contributed by atoms with van der Waals surface area (Å²) in [5.74, 6) is -1.45. The van der Waals surface area contributed by atoms with E-state index in [9.17, 15) is 19.7 Å². The van der Waals surface area contributed by atoms with Crippen molar-refractivity contribution in [3.8, 4) is 5.75 Å². The maximum Gasteiger partial charge on any atom is 0.332 e.